The number of benzene rings is 1. The van der Waals surface area contributed by atoms with Crippen molar-refractivity contribution >= 4 is 33.3 Å². The molecule has 0 radical (unpaired) electrons. The van der Waals surface area contributed by atoms with E-state index in [0.29, 0.717) is 5.56 Å². The van der Waals surface area contributed by atoms with Crippen molar-refractivity contribution in [3.05, 3.63) is 27.7 Å². The predicted octanol–water partition coefficient (Wildman–Crippen LogP) is -0.790. The van der Waals surface area contributed by atoms with Crippen molar-refractivity contribution in [3.8, 4) is 0 Å². The van der Waals surface area contributed by atoms with Gasteiger partial charge in [-0.3, -0.25) is 0 Å². The van der Waals surface area contributed by atoms with Gasteiger partial charge >= 0.3 is 18.9 Å². The summed E-state index contributed by atoms with van der Waals surface area (Å²) in [6.45, 7) is 1.63. The summed E-state index contributed by atoms with van der Waals surface area (Å²) in [4.78, 5) is -0.409. The maximum Gasteiger partial charge on any atom is 1.00 e. The maximum absolute atomic E-state index is 10.6. The number of halogens is 2. The van der Waals surface area contributed by atoms with Gasteiger partial charge in [0.05, 0.1) is 4.90 Å². The molecule has 0 spiro atoms. The van der Waals surface area contributed by atoms with Gasteiger partial charge in [0.2, 0.25) is 0 Å². The molecule has 14 heavy (non-hydrogen) atoms. The topological polar surface area (TPSA) is 57.2 Å². The van der Waals surface area contributed by atoms with E-state index in [0.717, 1.165) is 12.1 Å². The Labute approximate surface area is 104 Å². The second-order valence-corrected chi connectivity index (χ2v) is 4.66. The first-order valence-electron chi connectivity index (χ1n) is 3.24. The fraction of sp³-hybridized carbons (Fsp3) is 0.143. The minimum absolute atomic E-state index is 0. The standard InChI is InChI=1S/C7H6Cl2O3S.Li/c1-4-6(8)2-5(3-7(4)9)13(10,11)12;/h2-3H,1H3,(H,10,11,12);/q;+1/p-1. The molecule has 1 aromatic carbocycles. The molecule has 0 atom stereocenters. The van der Waals surface area contributed by atoms with Gasteiger partial charge in [0, 0.05) is 10.0 Å². The zero-order valence-electron chi connectivity index (χ0n) is 7.54. The summed E-state index contributed by atoms with van der Waals surface area (Å²) in [6, 6.07) is 2.18. The van der Waals surface area contributed by atoms with Crippen LogP contribution in [0.5, 0.6) is 0 Å². The summed E-state index contributed by atoms with van der Waals surface area (Å²) < 4.78 is 31.7. The second-order valence-electron chi connectivity index (χ2n) is 2.47. The molecule has 0 bridgehead atoms. The zero-order valence-corrected chi connectivity index (χ0v) is 9.87. The van der Waals surface area contributed by atoms with Crippen LogP contribution in [0.15, 0.2) is 17.0 Å². The Kier molecular flexibility index (Phi) is 5.00. The van der Waals surface area contributed by atoms with E-state index in [1.54, 1.807) is 6.92 Å². The fourth-order valence-electron chi connectivity index (χ4n) is 0.766. The van der Waals surface area contributed by atoms with Gasteiger partial charge in [-0.15, -0.1) is 0 Å². The van der Waals surface area contributed by atoms with Crippen molar-refractivity contribution in [2.24, 2.45) is 0 Å². The summed E-state index contributed by atoms with van der Waals surface area (Å²) in [5.74, 6) is 0. The summed E-state index contributed by atoms with van der Waals surface area (Å²) in [5.41, 5.74) is 0.552. The van der Waals surface area contributed by atoms with Crippen molar-refractivity contribution in [3.63, 3.8) is 0 Å². The molecule has 7 heteroatoms. The molecule has 0 N–H and O–H groups in total. The first-order chi connectivity index (χ1) is 5.82. The van der Waals surface area contributed by atoms with Gasteiger partial charge in [-0.1, -0.05) is 23.2 Å². The quantitative estimate of drug-likeness (QED) is 0.482. The monoisotopic (exact) mass is 246 g/mol. The summed E-state index contributed by atoms with van der Waals surface area (Å²) >= 11 is 11.3. The SMILES string of the molecule is Cc1c(Cl)cc(S(=O)(=O)[O-])cc1Cl.[Li+]. The van der Waals surface area contributed by atoms with E-state index in [1.165, 1.54) is 0 Å². The fourth-order valence-corrected chi connectivity index (χ4v) is 1.91. The molecule has 1 aromatic rings. The molecular formula is C7H5Cl2LiO3S. The van der Waals surface area contributed by atoms with Gasteiger partial charge in [0.1, 0.15) is 10.1 Å². The van der Waals surface area contributed by atoms with E-state index in [-0.39, 0.29) is 28.9 Å². The van der Waals surface area contributed by atoms with Crippen LogP contribution >= 0.6 is 23.2 Å². The molecule has 0 fully saturated rings. The minimum atomic E-state index is -4.48. The first kappa shape index (κ1) is 14.3. The van der Waals surface area contributed by atoms with Crippen LogP contribution in [0.4, 0.5) is 0 Å². The minimum Gasteiger partial charge on any atom is -0.744 e. The smallest absolute Gasteiger partial charge is 0.744 e. The molecular weight excluding hydrogens is 242 g/mol. The molecule has 0 saturated carbocycles. The normalized spacial score (nSPS) is 10.9. The Bertz CT molecular complexity index is 421. The number of hydrogen-bond donors (Lipinski definition) is 0. The number of rotatable bonds is 1. The molecule has 0 aliphatic carbocycles. The van der Waals surface area contributed by atoms with E-state index in [9.17, 15) is 13.0 Å². The van der Waals surface area contributed by atoms with Crippen LogP contribution in [-0.4, -0.2) is 13.0 Å². The van der Waals surface area contributed by atoms with Gasteiger partial charge in [-0.05, 0) is 24.6 Å². The van der Waals surface area contributed by atoms with Crippen LogP contribution in [0.25, 0.3) is 0 Å². The van der Waals surface area contributed by atoms with Crippen molar-refractivity contribution in [1.82, 2.24) is 0 Å². The van der Waals surface area contributed by atoms with E-state index in [4.69, 9.17) is 23.2 Å². The first-order valence-corrected chi connectivity index (χ1v) is 5.40. The van der Waals surface area contributed by atoms with Crippen molar-refractivity contribution in [1.29, 1.82) is 0 Å². The largest absolute Gasteiger partial charge is 1.00 e. The third-order valence-electron chi connectivity index (χ3n) is 1.54. The Morgan fingerprint density at radius 3 is 1.86 bits per heavy atom. The third kappa shape index (κ3) is 3.16. The molecule has 0 aliphatic rings. The van der Waals surface area contributed by atoms with Crippen LogP contribution in [0.1, 0.15) is 5.56 Å². The van der Waals surface area contributed by atoms with Crippen LogP contribution in [-0.2, 0) is 10.1 Å². The molecule has 0 unspecified atom stereocenters. The molecule has 0 amide bonds. The van der Waals surface area contributed by atoms with E-state index >= 15 is 0 Å². The molecule has 72 valence electrons. The van der Waals surface area contributed by atoms with Crippen molar-refractivity contribution in [2.45, 2.75) is 11.8 Å². The van der Waals surface area contributed by atoms with Gasteiger partial charge in [0.15, 0.2) is 0 Å². The Balaban J connectivity index is 0.00000169. The third-order valence-corrected chi connectivity index (χ3v) is 3.14. The zero-order chi connectivity index (χ0) is 10.2. The van der Waals surface area contributed by atoms with Crippen LogP contribution in [0.2, 0.25) is 10.0 Å². The van der Waals surface area contributed by atoms with E-state index in [2.05, 4.69) is 0 Å². The van der Waals surface area contributed by atoms with Crippen molar-refractivity contribution < 1.29 is 31.8 Å². The Morgan fingerprint density at radius 2 is 1.57 bits per heavy atom. The van der Waals surface area contributed by atoms with E-state index < -0.39 is 15.0 Å². The van der Waals surface area contributed by atoms with Crippen LogP contribution in [0.3, 0.4) is 0 Å². The summed E-state index contributed by atoms with van der Waals surface area (Å²) in [6.07, 6.45) is 0. The molecule has 0 saturated heterocycles. The van der Waals surface area contributed by atoms with Gasteiger partial charge in [-0.2, -0.15) is 0 Å². The Hall–Kier alpha value is 0.307. The average Bonchev–Trinajstić information content (AvgIpc) is 1.97. The maximum atomic E-state index is 10.6. The van der Waals surface area contributed by atoms with Gasteiger partial charge < -0.3 is 4.55 Å². The van der Waals surface area contributed by atoms with Crippen molar-refractivity contribution in [2.75, 3.05) is 0 Å². The molecule has 3 nitrogen and oxygen atoms in total. The van der Waals surface area contributed by atoms with Gasteiger partial charge in [-0.25, -0.2) is 8.42 Å². The van der Waals surface area contributed by atoms with Crippen LogP contribution in [0, 0.1) is 6.92 Å². The van der Waals surface area contributed by atoms with Gasteiger partial charge in [0.25, 0.3) is 0 Å². The number of hydrogen-bond acceptors (Lipinski definition) is 3. The van der Waals surface area contributed by atoms with E-state index in [1.807, 2.05) is 0 Å². The summed E-state index contributed by atoms with van der Waals surface area (Å²) in [5, 5.41) is 0.337. The molecule has 1 rings (SSSR count). The average molecular weight is 247 g/mol. The van der Waals surface area contributed by atoms with Crippen LogP contribution < -0.4 is 18.9 Å². The predicted molar refractivity (Wildman–Crippen MR) is 49.2 cm³/mol. The Morgan fingerprint density at radius 1 is 1.21 bits per heavy atom. The molecule has 0 aliphatic heterocycles. The summed E-state index contributed by atoms with van der Waals surface area (Å²) in [7, 11) is -4.48. The molecule has 0 aromatic heterocycles. The second kappa shape index (κ2) is 4.89. The molecule has 0 heterocycles.